The Bertz CT molecular complexity index is 4630. The van der Waals surface area contributed by atoms with Crippen molar-refractivity contribution in [2.45, 2.75) is 51.9 Å². The zero-order valence-corrected chi connectivity index (χ0v) is 56.3. The number of benzene rings is 4. The van der Waals surface area contributed by atoms with Crippen LogP contribution in [0.4, 0.5) is 17.8 Å². The zero-order valence-electron chi connectivity index (χ0n) is 50.3. The molecule has 0 spiro atoms. The summed E-state index contributed by atoms with van der Waals surface area (Å²) in [7, 11) is 0. The molecule has 8 aromatic heterocycles. The smallest absolute Gasteiger partial charge is 0.235 e. The van der Waals surface area contributed by atoms with E-state index in [2.05, 4.69) is 56.7 Å². The maximum Gasteiger partial charge on any atom is 0.235 e. The summed E-state index contributed by atoms with van der Waals surface area (Å²) in [4.78, 5) is 25.2. The fourth-order valence-corrected chi connectivity index (χ4v) is 13.0. The van der Waals surface area contributed by atoms with Crippen molar-refractivity contribution in [3.63, 3.8) is 0 Å². The van der Waals surface area contributed by atoms with Gasteiger partial charge in [-0.15, -0.1) is 40.8 Å². The number of nitrogens with two attached hydrogens (primary N) is 5. The van der Waals surface area contributed by atoms with Crippen LogP contribution in [-0.2, 0) is 40.5 Å². The summed E-state index contributed by atoms with van der Waals surface area (Å²) in [6.45, 7) is 4.26. The first-order chi connectivity index (χ1) is 45.9. The first kappa shape index (κ1) is 68.6. The van der Waals surface area contributed by atoms with Crippen LogP contribution < -0.4 is 44.6 Å². The van der Waals surface area contributed by atoms with Crippen LogP contribution in [0.2, 0.25) is 40.2 Å². The number of aromatic nitrogens is 12. The van der Waals surface area contributed by atoms with E-state index in [9.17, 15) is 9.59 Å². The molecule has 2 amide bonds. The highest BCUT2D eigenvalue weighted by Gasteiger charge is 2.26. The van der Waals surface area contributed by atoms with Gasteiger partial charge in [0.25, 0.3) is 0 Å². The molecule has 13 N–H and O–H groups in total. The third kappa shape index (κ3) is 15.7. The van der Waals surface area contributed by atoms with Gasteiger partial charge in [0.1, 0.15) is 6.33 Å². The first-order valence-electron chi connectivity index (χ1n) is 29.6. The third-order valence-electron chi connectivity index (χ3n) is 16.0. The Morgan fingerprint density at radius 2 is 0.800 bits per heavy atom. The van der Waals surface area contributed by atoms with Gasteiger partial charge < -0.3 is 38.7 Å². The number of nitrogens with one attached hydrogen (secondary N) is 3. The largest absolute Gasteiger partial charge is 0.381 e. The second kappa shape index (κ2) is 30.9. The van der Waals surface area contributed by atoms with Gasteiger partial charge in [0, 0.05) is 161 Å². The van der Waals surface area contributed by atoms with Crippen LogP contribution in [0, 0.1) is 11.8 Å². The highest BCUT2D eigenvalue weighted by atomic mass is 35.5. The van der Waals surface area contributed by atoms with Gasteiger partial charge in [-0.1, -0.05) is 117 Å². The van der Waals surface area contributed by atoms with Gasteiger partial charge in [0.2, 0.25) is 29.7 Å². The van der Waals surface area contributed by atoms with E-state index >= 15 is 0 Å². The quantitative estimate of drug-likeness (QED) is 0.0563. The molecule has 0 bridgehead atoms. The molecular formula is C64H60Cl8N20O3. The van der Waals surface area contributed by atoms with Crippen molar-refractivity contribution in [2.75, 3.05) is 42.7 Å². The number of rotatable bonds is 12. The number of nitrogens with zero attached hydrogens (tertiary/aromatic N) is 12. The molecule has 2 saturated heterocycles. The Labute approximate surface area is 583 Å². The van der Waals surface area contributed by atoms with Crippen molar-refractivity contribution in [3.8, 4) is 44.5 Å². The standard InChI is InChI=1S/C19H20Cl2N6O.C19H19Cl2N5O2.C13H11Cl2N5.C13H10Cl2N4/c20-13-1-2-14(16(21)8-13)15-10-27-17(7-12(15)9-22)25-26-19(27)24-18(28)11-3-5-23-6-4-11;20-13-1-2-14(16(21)8-13)15-10-26-17(7-12(15)9-22)24-25-19(26)23-18(27)11-3-5-28-6-4-11;14-8-1-2-9(11(15)4-8)10-6-20-12(3-7(10)5-16)18-19-13(20)17;14-9-1-2-10(12(15)4-9)11-6-19-7-17-18-13(19)3-8(11)5-16/h1-2,7-8,10-11,23H,3-6,9,22H2,(H,24,26,28);1-2,7-8,10-11H,3-6,9,22H2,(H,23,25,27);1-4,6H,5,16H2,(H2,17,19);1-4,6-7H,5,16H2. The molecule has 10 heterocycles. The van der Waals surface area contributed by atoms with Crippen molar-refractivity contribution in [3.05, 3.63) is 191 Å². The number of hydrogen-bond donors (Lipinski definition) is 8. The fourth-order valence-electron chi connectivity index (χ4n) is 11.0. The minimum Gasteiger partial charge on any atom is -0.381 e. The number of amides is 2. The highest BCUT2D eigenvalue weighted by Crippen LogP contribution is 2.38. The minimum absolute atomic E-state index is 0.0258. The average Bonchev–Trinajstić information content (AvgIpc) is 1.73. The summed E-state index contributed by atoms with van der Waals surface area (Å²) in [5.74, 6) is 0.831. The van der Waals surface area contributed by atoms with Crippen molar-refractivity contribution >= 4 is 145 Å². The molecule has 490 valence electrons. The van der Waals surface area contributed by atoms with Gasteiger partial charge in [-0.3, -0.25) is 37.8 Å². The third-order valence-corrected chi connectivity index (χ3v) is 18.2. The van der Waals surface area contributed by atoms with E-state index in [4.69, 9.17) is 126 Å². The summed E-state index contributed by atoms with van der Waals surface area (Å²) < 4.78 is 12.3. The number of nitrogen functional groups attached to an aromatic ring is 1. The van der Waals surface area contributed by atoms with E-state index in [-0.39, 0.29) is 23.7 Å². The second-order valence-electron chi connectivity index (χ2n) is 21.9. The van der Waals surface area contributed by atoms with Gasteiger partial charge >= 0.3 is 0 Å². The van der Waals surface area contributed by atoms with Gasteiger partial charge in [0.15, 0.2) is 22.6 Å². The topological polar surface area (TPSA) is 330 Å². The van der Waals surface area contributed by atoms with Crippen LogP contribution in [-0.4, -0.2) is 96.5 Å². The Hall–Kier alpha value is -7.82. The van der Waals surface area contributed by atoms with E-state index < -0.39 is 0 Å². The number of fused-ring (bicyclic) bond motifs is 4. The lowest BCUT2D eigenvalue weighted by atomic mass is 9.97. The van der Waals surface area contributed by atoms with Gasteiger partial charge in [-0.05, 0) is 134 Å². The van der Waals surface area contributed by atoms with Crippen molar-refractivity contribution in [1.82, 2.24) is 63.7 Å². The fraction of sp³-hybridized carbons (Fsp3) is 0.219. The first-order valence-corrected chi connectivity index (χ1v) is 32.7. The maximum atomic E-state index is 12.6. The summed E-state index contributed by atoms with van der Waals surface area (Å²) in [6.07, 6.45) is 12.1. The normalized spacial score (nSPS) is 13.5. The van der Waals surface area contributed by atoms with Crippen LogP contribution in [0.5, 0.6) is 0 Å². The summed E-state index contributed by atoms with van der Waals surface area (Å²) in [5.41, 5.74) is 42.3. The zero-order chi connectivity index (χ0) is 67.0. The van der Waals surface area contributed by atoms with Crippen LogP contribution in [0.25, 0.3) is 67.1 Å². The van der Waals surface area contributed by atoms with E-state index in [1.54, 1.807) is 68.1 Å². The Kier molecular flexibility index (Phi) is 22.3. The molecule has 23 nitrogen and oxygen atoms in total. The van der Waals surface area contributed by atoms with Gasteiger partial charge in [-0.25, -0.2) is 0 Å². The molecule has 2 fully saturated rings. The van der Waals surface area contributed by atoms with E-state index in [1.807, 2.05) is 77.7 Å². The lowest BCUT2D eigenvalue weighted by Crippen LogP contribution is -2.35. The summed E-state index contributed by atoms with van der Waals surface area (Å²) in [6, 6.07) is 28.8. The predicted molar refractivity (Wildman–Crippen MR) is 376 cm³/mol. The molecule has 0 aliphatic carbocycles. The Morgan fingerprint density at radius 1 is 0.442 bits per heavy atom. The molecule has 14 rings (SSSR count). The lowest BCUT2D eigenvalue weighted by Gasteiger charge is -2.21. The molecule has 2 aliphatic heterocycles. The number of carbonyl (C=O) groups excluding carboxylic acids is 2. The van der Waals surface area contributed by atoms with Crippen molar-refractivity contribution in [1.29, 1.82) is 0 Å². The maximum absolute atomic E-state index is 12.6. The van der Waals surface area contributed by atoms with Crippen LogP contribution >= 0.6 is 92.8 Å². The average molecular weight is 1440 g/mol. The van der Waals surface area contributed by atoms with Crippen LogP contribution in [0.3, 0.4) is 0 Å². The van der Waals surface area contributed by atoms with Gasteiger partial charge in [0.05, 0.1) is 0 Å². The number of piperidine rings is 1. The van der Waals surface area contributed by atoms with Crippen molar-refractivity contribution in [2.24, 2.45) is 34.8 Å². The minimum atomic E-state index is -0.0883. The molecule has 95 heavy (non-hydrogen) atoms. The predicted octanol–water partition coefficient (Wildman–Crippen LogP) is 12.5. The second-order valence-corrected chi connectivity index (χ2v) is 25.3. The molecular weight excluding hydrogens is 1380 g/mol. The number of anilines is 3. The molecule has 31 heteroatoms. The van der Waals surface area contributed by atoms with E-state index in [0.29, 0.717) is 127 Å². The lowest BCUT2D eigenvalue weighted by molar-refractivity contribution is -0.122. The van der Waals surface area contributed by atoms with Gasteiger partial charge in [-0.2, -0.15) is 0 Å². The number of ether oxygens (including phenoxy) is 1. The van der Waals surface area contributed by atoms with Crippen molar-refractivity contribution < 1.29 is 14.3 Å². The molecule has 0 saturated carbocycles. The Morgan fingerprint density at radius 3 is 1.20 bits per heavy atom. The number of hydrogen-bond acceptors (Lipinski definition) is 17. The summed E-state index contributed by atoms with van der Waals surface area (Å²) >= 11 is 49.2. The number of pyridine rings is 4. The number of halogens is 8. The van der Waals surface area contributed by atoms with Crippen LogP contribution in [0.15, 0.2) is 128 Å². The SMILES string of the molecule is NCc1cc2nnc(N)n2cc1-c1ccc(Cl)cc1Cl.NCc1cc2nnc(NC(=O)C3CCNCC3)n2cc1-c1ccc(Cl)cc1Cl.NCc1cc2nnc(NC(=O)C3CCOCC3)n2cc1-c1ccc(Cl)cc1Cl.NCc1cc2nncn2cc1-c1ccc(Cl)cc1Cl. The molecule has 12 aromatic rings. The molecule has 0 radical (unpaired) electrons. The van der Waals surface area contributed by atoms with Crippen LogP contribution in [0.1, 0.15) is 47.9 Å². The highest BCUT2D eigenvalue weighted by molar-refractivity contribution is 6.38. The molecule has 2 aliphatic rings. The molecule has 4 aromatic carbocycles. The monoisotopic (exact) mass is 1440 g/mol. The van der Waals surface area contributed by atoms with E-state index in [0.717, 1.165) is 98.3 Å². The Balaban J connectivity index is 0.000000131. The van der Waals surface area contributed by atoms with E-state index in [1.165, 1.54) is 0 Å². The molecule has 0 atom stereocenters. The summed E-state index contributed by atoms with van der Waals surface area (Å²) in [5, 5.41) is 45.8. The number of carbonyl (C=O) groups is 2. The molecule has 0 unspecified atom stereocenters.